The summed E-state index contributed by atoms with van der Waals surface area (Å²) < 4.78 is 19.3. The molecule has 2 aromatic carbocycles. The van der Waals surface area contributed by atoms with E-state index in [1.165, 1.54) is 6.07 Å². The number of piperidine rings is 1. The number of nitrogens with zero attached hydrogens (tertiary/aromatic N) is 2. The van der Waals surface area contributed by atoms with Gasteiger partial charge in [0.15, 0.2) is 11.6 Å². The van der Waals surface area contributed by atoms with Crippen molar-refractivity contribution >= 4 is 17.5 Å². The summed E-state index contributed by atoms with van der Waals surface area (Å²) in [6.45, 7) is 1.16. The van der Waals surface area contributed by atoms with Crippen LogP contribution in [-0.2, 0) is 16.0 Å². The normalized spacial score (nSPS) is 14.0. The van der Waals surface area contributed by atoms with Crippen molar-refractivity contribution in [3.63, 3.8) is 0 Å². The first-order valence-electron chi connectivity index (χ1n) is 11.1. The average Bonchev–Trinajstić information content (AvgIpc) is 2.86. The summed E-state index contributed by atoms with van der Waals surface area (Å²) in [5, 5.41) is 2.92. The maximum Gasteiger partial charge on any atom is 0.227 e. The number of halogens is 1. The van der Waals surface area contributed by atoms with Gasteiger partial charge in [0.25, 0.3) is 0 Å². The molecule has 0 aliphatic carbocycles. The van der Waals surface area contributed by atoms with E-state index in [0.717, 1.165) is 5.69 Å². The van der Waals surface area contributed by atoms with Gasteiger partial charge in [-0.15, -0.1) is 0 Å². The van der Waals surface area contributed by atoms with Crippen molar-refractivity contribution in [3.8, 4) is 11.5 Å². The highest BCUT2D eigenvalue weighted by Crippen LogP contribution is 2.26. The van der Waals surface area contributed by atoms with Gasteiger partial charge >= 0.3 is 0 Å². The van der Waals surface area contributed by atoms with Crippen molar-refractivity contribution in [1.29, 1.82) is 0 Å². The lowest BCUT2D eigenvalue weighted by molar-refractivity contribution is -0.134. The van der Waals surface area contributed by atoms with E-state index in [9.17, 15) is 14.0 Å². The van der Waals surface area contributed by atoms with E-state index >= 15 is 0 Å². The zero-order valence-electron chi connectivity index (χ0n) is 18.2. The molecule has 170 valence electrons. The van der Waals surface area contributed by atoms with Crippen molar-refractivity contribution in [1.82, 2.24) is 9.88 Å². The molecule has 33 heavy (non-hydrogen) atoms. The number of carbonyl (C=O) groups is 2. The first-order chi connectivity index (χ1) is 16.1. The molecular weight excluding hydrogens is 421 g/mol. The number of aryl methyl sites for hydroxylation is 1. The molecule has 7 heteroatoms. The van der Waals surface area contributed by atoms with Gasteiger partial charge in [-0.2, -0.15) is 0 Å². The first-order valence-corrected chi connectivity index (χ1v) is 11.1. The summed E-state index contributed by atoms with van der Waals surface area (Å²) in [6, 6.07) is 18.7. The maximum atomic E-state index is 13.7. The molecule has 0 radical (unpaired) electrons. The van der Waals surface area contributed by atoms with Crippen LogP contribution in [0.3, 0.4) is 0 Å². The minimum Gasteiger partial charge on any atom is -0.454 e. The van der Waals surface area contributed by atoms with Gasteiger partial charge in [-0.25, -0.2) is 4.39 Å². The molecule has 1 aromatic heterocycles. The van der Waals surface area contributed by atoms with Gasteiger partial charge in [0.1, 0.15) is 5.75 Å². The molecule has 1 saturated heterocycles. The first kappa shape index (κ1) is 22.5. The fraction of sp³-hybridized carbons (Fsp3) is 0.269. The minimum atomic E-state index is -0.434. The number of hydrogen-bond acceptors (Lipinski definition) is 4. The summed E-state index contributed by atoms with van der Waals surface area (Å²) in [5.41, 5.74) is 1.56. The molecule has 0 saturated carbocycles. The zero-order valence-corrected chi connectivity index (χ0v) is 18.2. The largest absolute Gasteiger partial charge is 0.454 e. The molecule has 0 spiro atoms. The van der Waals surface area contributed by atoms with Crippen LogP contribution in [0.2, 0.25) is 0 Å². The van der Waals surface area contributed by atoms with E-state index in [0.29, 0.717) is 50.2 Å². The van der Waals surface area contributed by atoms with E-state index < -0.39 is 5.82 Å². The standard InChI is InChI=1S/C26H26FN3O3/c27-23-6-1-2-7-24(23)33-22-11-8-21(9-12-22)29-26(32)19-14-17-30(18-15-19)25(31)13-10-20-5-3-4-16-28-20/h1-9,11-12,16,19H,10,13-15,17-18H2,(H,29,32). The zero-order chi connectivity index (χ0) is 23.0. The van der Waals surface area contributed by atoms with Crippen LogP contribution < -0.4 is 10.1 Å². The van der Waals surface area contributed by atoms with Crippen molar-refractivity contribution in [2.45, 2.75) is 25.7 Å². The number of para-hydroxylation sites is 1. The van der Waals surface area contributed by atoms with Gasteiger partial charge in [0.2, 0.25) is 11.8 Å². The number of anilines is 1. The Kier molecular flexibility index (Phi) is 7.29. The van der Waals surface area contributed by atoms with Gasteiger partial charge in [0.05, 0.1) is 0 Å². The molecule has 0 unspecified atom stereocenters. The fourth-order valence-corrected chi connectivity index (χ4v) is 3.84. The van der Waals surface area contributed by atoms with Crippen LogP contribution >= 0.6 is 0 Å². The Labute approximate surface area is 192 Å². The number of rotatable bonds is 7. The lowest BCUT2D eigenvalue weighted by Crippen LogP contribution is -2.41. The topological polar surface area (TPSA) is 71.5 Å². The number of aromatic nitrogens is 1. The van der Waals surface area contributed by atoms with Gasteiger partial charge in [0, 0.05) is 43.0 Å². The van der Waals surface area contributed by atoms with Crippen LogP contribution in [0, 0.1) is 11.7 Å². The molecule has 6 nitrogen and oxygen atoms in total. The predicted octanol–water partition coefficient (Wildman–Crippen LogP) is 4.82. The second kappa shape index (κ2) is 10.7. The summed E-state index contributed by atoms with van der Waals surface area (Å²) in [4.78, 5) is 31.2. The fourth-order valence-electron chi connectivity index (χ4n) is 3.84. The van der Waals surface area contributed by atoms with Crippen molar-refractivity contribution in [2.24, 2.45) is 5.92 Å². The third kappa shape index (κ3) is 6.16. The number of likely N-dealkylation sites (tertiary alicyclic amines) is 1. The van der Waals surface area contributed by atoms with Crippen molar-refractivity contribution < 1.29 is 18.7 Å². The molecule has 2 heterocycles. The third-order valence-electron chi connectivity index (χ3n) is 5.73. The number of carbonyl (C=O) groups excluding carboxylic acids is 2. The van der Waals surface area contributed by atoms with Crippen LogP contribution in [0.15, 0.2) is 72.9 Å². The van der Waals surface area contributed by atoms with E-state index in [1.807, 2.05) is 23.1 Å². The molecule has 1 fully saturated rings. The number of hydrogen-bond donors (Lipinski definition) is 1. The van der Waals surface area contributed by atoms with Crippen molar-refractivity contribution in [2.75, 3.05) is 18.4 Å². The smallest absolute Gasteiger partial charge is 0.227 e. The number of ether oxygens (including phenoxy) is 1. The lowest BCUT2D eigenvalue weighted by atomic mass is 9.95. The highest BCUT2D eigenvalue weighted by molar-refractivity contribution is 5.92. The van der Waals surface area contributed by atoms with Crippen LogP contribution in [0.25, 0.3) is 0 Å². The Hall–Kier alpha value is -3.74. The molecule has 0 atom stereocenters. The molecule has 0 bridgehead atoms. The van der Waals surface area contributed by atoms with Crippen LogP contribution in [-0.4, -0.2) is 34.8 Å². The molecule has 1 aliphatic rings. The second-order valence-corrected chi connectivity index (χ2v) is 8.02. The summed E-state index contributed by atoms with van der Waals surface area (Å²) in [7, 11) is 0. The van der Waals surface area contributed by atoms with Crippen LogP contribution in [0.4, 0.5) is 10.1 Å². The molecular formula is C26H26FN3O3. The number of amides is 2. The SMILES string of the molecule is O=C(Nc1ccc(Oc2ccccc2F)cc1)C1CCN(C(=O)CCc2ccccn2)CC1. The summed E-state index contributed by atoms with van der Waals surface area (Å²) in [5.74, 6) is 0.102. The number of benzene rings is 2. The van der Waals surface area contributed by atoms with Crippen LogP contribution in [0.5, 0.6) is 11.5 Å². The number of pyridine rings is 1. The lowest BCUT2D eigenvalue weighted by Gasteiger charge is -2.31. The van der Waals surface area contributed by atoms with E-state index in [1.54, 1.807) is 48.7 Å². The third-order valence-corrected chi connectivity index (χ3v) is 5.73. The Morgan fingerprint density at radius 1 is 1.00 bits per heavy atom. The van der Waals surface area contributed by atoms with Gasteiger partial charge < -0.3 is 15.0 Å². The maximum absolute atomic E-state index is 13.7. The van der Waals surface area contributed by atoms with Gasteiger partial charge in [-0.3, -0.25) is 14.6 Å². The second-order valence-electron chi connectivity index (χ2n) is 8.02. The highest BCUT2D eigenvalue weighted by atomic mass is 19.1. The van der Waals surface area contributed by atoms with Gasteiger partial charge in [-0.1, -0.05) is 18.2 Å². The minimum absolute atomic E-state index is 0.0571. The molecule has 1 N–H and O–H groups in total. The average molecular weight is 448 g/mol. The Balaban J connectivity index is 1.22. The summed E-state index contributed by atoms with van der Waals surface area (Å²) in [6.07, 6.45) is 4.05. The van der Waals surface area contributed by atoms with Crippen LogP contribution in [0.1, 0.15) is 25.0 Å². The molecule has 4 rings (SSSR count). The van der Waals surface area contributed by atoms with Crippen molar-refractivity contribution in [3.05, 3.63) is 84.4 Å². The Bertz CT molecular complexity index is 1080. The monoisotopic (exact) mass is 447 g/mol. The summed E-state index contributed by atoms with van der Waals surface area (Å²) >= 11 is 0. The molecule has 1 aliphatic heterocycles. The van der Waals surface area contributed by atoms with E-state index in [-0.39, 0.29) is 23.5 Å². The Morgan fingerprint density at radius 3 is 2.42 bits per heavy atom. The highest BCUT2D eigenvalue weighted by Gasteiger charge is 2.27. The van der Waals surface area contributed by atoms with E-state index in [2.05, 4.69) is 10.3 Å². The predicted molar refractivity (Wildman–Crippen MR) is 123 cm³/mol. The molecule has 2 amide bonds. The Morgan fingerprint density at radius 2 is 1.73 bits per heavy atom. The number of nitrogens with one attached hydrogen (secondary N) is 1. The quantitative estimate of drug-likeness (QED) is 0.564. The molecule has 3 aromatic rings. The van der Waals surface area contributed by atoms with Gasteiger partial charge in [-0.05, 0) is 67.8 Å². The van der Waals surface area contributed by atoms with E-state index in [4.69, 9.17) is 4.74 Å².